The van der Waals surface area contributed by atoms with E-state index in [9.17, 15) is 9.59 Å². The average molecular weight is 245 g/mol. The van der Waals surface area contributed by atoms with Crippen molar-refractivity contribution in [2.45, 2.75) is 13.3 Å². The number of amides is 2. The van der Waals surface area contributed by atoms with E-state index in [2.05, 4.69) is 5.32 Å². The highest BCUT2D eigenvalue weighted by Crippen LogP contribution is 2.10. The van der Waals surface area contributed by atoms with E-state index < -0.39 is 0 Å². The minimum atomic E-state index is -0.277. The highest BCUT2D eigenvalue weighted by molar-refractivity contribution is 5.95. The van der Waals surface area contributed by atoms with Gasteiger partial charge in [-0.05, 0) is 31.2 Å². The Balaban J connectivity index is 2.59. The molecule has 1 aromatic rings. The molecule has 0 heterocycles. The van der Waals surface area contributed by atoms with Gasteiger partial charge in [-0.15, -0.1) is 0 Å². The van der Waals surface area contributed by atoms with Gasteiger partial charge in [-0.1, -0.05) is 0 Å². The van der Waals surface area contributed by atoms with Crippen molar-refractivity contribution in [3.8, 4) is 6.07 Å². The third-order valence-corrected chi connectivity index (χ3v) is 2.45. The summed E-state index contributed by atoms with van der Waals surface area (Å²) in [6.45, 7) is 1.87. The molecule has 0 spiro atoms. The molecule has 5 heteroatoms. The second kappa shape index (κ2) is 6.40. The predicted octanol–water partition coefficient (Wildman–Crippen LogP) is 2.27. The van der Waals surface area contributed by atoms with E-state index >= 15 is 0 Å². The monoisotopic (exact) mass is 245 g/mol. The summed E-state index contributed by atoms with van der Waals surface area (Å²) in [5.74, 6) is -0.0148. The van der Waals surface area contributed by atoms with E-state index in [4.69, 9.17) is 5.26 Å². The molecule has 0 atom stereocenters. The Kier molecular flexibility index (Phi) is 4.88. The summed E-state index contributed by atoms with van der Waals surface area (Å²) in [6, 6.07) is 8.37. The largest absolute Gasteiger partial charge is 0.327 e. The summed E-state index contributed by atoms with van der Waals surface area (Å²) in [5, 5.41) is 11.1. The molecule has 18 heavy (non-hydrogen) atoms. The van der Waals surface area contributed by atoms with Crippen LogP contribution in [0.2, 0.25) is 0 Å². The topological polar surface area (TPSA) is 73.2 Å². The van der Waals surface area contributed by atoms with Gasteiger partial charge in [0, 0.05) is 24.8 Å². The van der Waals surface area contributed by atoms with E-state index in [0.29, 0.717) is 24.2 Å². The minimum absolute atomic E-state index is 0.0148. The average Bonchev–Trinajstić information content (AvgIpc) is 2.36. The van der Waals surface area contributed by atoms with Crippen LogP contribution < -0.4 is 5.32 Å². The molecular weight excluding hydrogens is 230 g/mol. The molecule has 0 aromatic heterocycles. The van der Waals surface area contributed by atoms with Crippen molar-refractivity contribution in [1.82, 2.24) is 4.90 Å². The lowest BCUT2D eigenvalue weighted by atomic mass is 10.1. The molecule has 0 radical (unpaired) electrons. The SMILES string of the molecule is CC(=O)c1ccc(NC(=O)N(C)CCC#N)cc1. The number of hydrogen-bond donors (Lipinski definition) is 1. The van der Waals surface area contributed by atoms with Crippen molar-refractivity contribution in [3.05, 3.63) is 29.8 Å². The molecule has 1 rings (SSSR count). The van der Waals surface area contributed by atoms with Crippen LogP contribution in [-0.4, -0.2) is 30.3 Å². The van der Waals surface area contributed by atoms with E-state index in [0.717, 1.165) is 0 Å². The van der Waals surface area contributed by atoms with Crippen LogP contribution in [0.1, 0.15) is 23.7 Å². The van der Waals surface area contributed by atoms with E-state index in [-0.39, 0.29) is 11.8 Å². The highest BCUT2D eigenvalue weighted by Gasteiger charge is 2.08. The zero-order valence-electron chi connectivity index (χ0n) is 10.4. The Morgan fingerprint density at radius 1 is 1.33 bits per heavy atom. The van der Waals surface area contributed by atoms with Crippen LogP contribution >= 0.6 is 0 Å². The van der Waals surface area contributed by atoms with Gasteiger partial charge in [-0.3, -0.25) is 4.79 Å². The summed E-state index contributed by atoms with van der Waals surface area (Å²) < 4.78 is 0. The number of nitrogens with one attached hydrogen (secondary N) is 1. The molecule has 1 aromatic carbocycles. The first-order chi connectivity index (χ1) is 8.54. The third-order valence-electron chi connectivity index (χ3n) is 2.45. The lowest BCUT2D eigenvalue weighted by Crippen LogP contribution is -2.31. The molecule has 2 amide bonds. The Morgan fingerprint density at radius 3 is 2.44 bits per heavy atom. The van der Waals surface area contributed by atoms with E-state index in [1.54, 1.807) is 31.3 Å². The van der Waals surface area contributed by atoms with Gasteiger partial charge in [0.15, 0.2) is 5.78 Å². The fourth-order valence-electron chi connectivity index (χ4n) is 1.33. The van der Waals surface area contributed by atoms with Crippen molar-refractivity contribution in [3.63, 3.8) is 0 Å². The molecule has 0 aliphatic rings. The highest BCUT2D eigenvalue weighted by atomic mass is 16.2. The van der Waals surface area contributed by atoms with Crippen molar-refractivity contribution in [2.75, 3.05) is 18.9 Å². The fourth-order valence-corrected chi connectivity index (χ4v) is 1.33. The van der Waals surface area contributed by atoms with Gasteiger partial charge in [-0.2, -0.15) is 5.26 Å². The molecule has 0 saturated heterocycles. The van der Waals surface area contributed by atoms with Gasteiger partial charge < -0.3 is 10.2 Å². The summed E-state index contributed by atoms with van der Waals surface area (Å²) in [4.78, 5) is 24.2. The molecule has 0 bridgehead atoms. The zero-order chi connectivity index (χ0) is 13.5. The lowest BCUT2D eigenvalue weighted by molar-refractivity contribution is 0.101. The summed E-state index contributed by atoms with van der Waals surface area (Å²) in [7, 11) is 1.62. The van der Waals surface area contributed by atoms with Crippen LogP contribution in [0.4, 0.5) is 10.5 Å². The quantitative estimate of drug-likeness (QED) is 0.827. The zero-order valence-corrected chi connectivity index (χ0v) is 10.4. The van der Waals surface area contributed by atoms with Gasteiger partial charge in [-0.25, -0.2) is 4.79 Å². The number of carbonyl (C=O) groups is 2. The standard InChI is InChI=1S/C13H15N3O2/c1-10(17)11-4-6-12(7-5-11)15-13(18)16(2)9-3-8-14/h4-7H,3,9H2,1-2H3,(H,15,18). The number of urea groups is 1. The van der Waals surface area contributed by atoms with E-state index in [1.165, 1.54) is 11.8 Å². The maximum atomic E-state index is 11.7. The van der Waals surface area contributed by atoms with Crippen LogP contribution in [-0.2, 0) is 0 Å². The summed E-state index contributed by atoms with van der Waals surface area (Å²) in [6.07, 6.45) is 0.299. The number of nitrogens with zero attached hydrogens (tertiary/aromatic N) is 2. The molecular formula is C13H15N3O2. The lowest BCUT2D eigenvalue weighted by Gasteiger charge is -2.16. The minimum Gasteiger partial charge on any atom is -0.327 e. The Bertz CT molecular complexity index is 474. The van der Waals surface area contributed by atoms with Crippen molar-refractivity contribution in [2.24, 2.45) is 0 Å². The molecule has 0 aliphatic carbocycles. The van der Waals surface area contributed by atoms with Crippen LogP contribution in [0.5, 0.6) is 0 Å². The molecule has 0 saturated carbocycles. The molecule has 1 N–H and O–H groups in total. The smallest absolute Gasteiger partial charge is 0.321 e. The molecule has 0 aliphatic heterocycles. The number of anilines is 1. The Morgan fingerprint density at radius 2 is 1.94 bits per heavy atom. The maximum Gasteiger partial charge on any atom is 0.321 e. The molecule has 5 nitrogen and oxygen atoms in total. The van der Waals surface area contributed by atoms with Gasteiger partial charge in [0.05, 0.1) is 12.5 Å². The first kappa shape index (κ1) is 13.7. The molecule has 94 valence electrons. The van der Waals surface area contributed by atoms with Gasteiger partial charge >= 0.3 is 6.03 Å². The van der Waals surface area contributed by atoms with Crippen LogP contribution in [0.15, 0.2) is 24.3 Å². The number of rotatable bonds is 4. The van der Waals surface area contributed by atoms with Crippen molar-refractivity contribution in [1.29, 1.82) is 5.26 Å². The fraction of sp³-hybridized carbons (Fsp3) is 0.308. The van der Waals surface area contributed by atoms with Gasteiger partial charge in [0.1, 0.15) is 0 Å². The number of hydrogen-bond acceptors (Lipinski definition) is 3. The third kappa shape index (κ3) is 3.91. The van der Waals surface area contributed by atoms with Crippen LogP contribution in [0, 0.1) is 11.3 Å². The predicted molar refractivity (Wildman–Crippen MR) is 68.3 cm³/mol. The number of benzene rings is 1. The first-order valence-corrected chi connectivity index (χ1v) is 5.54. The van der Waals surface area contributed by atoms with Crippen LogP contribution in [0.3, 0.4) is 0 Å². The second-order valence-electron chi connectivity index (χ2n) is 3.89. The van der Waals surface area contributed by atoms with Gasteiger partial charge in [0.25, 0.3) is 0 Å². The van der Waals surface area contributed by atoms with E-state index in [1.807, 2.05) is 6.07 Å². The number of carbonyl (C=O) groups excluding carboxylic acids is 2. The summed E-state index contributed by atoms with van der Waals surface area (Å²) in [5.41, 5.74) is 1.22. The van der Waals surface area contributed by atoms with Crippen LogP contribution in [0.25, 0.3) is 0 Å². The molecule has 0 unspecified atom stereocenters. The second-order valence-corrected chi connectivity index (χ2v) is 3.89. The molecule has 0 fully saturated rings. The number of Topliss-reactive ketones (excluding diaryl/α,β-unsaturated/α-hetero) is 1. The Hall–Kier alpha value is -2.35. The first-order valence-electron chi connectivity index (χ1n) is 5.54. The van der Waals surface area contributed by atoms with Crippen molar-refractivity contribution < 1.29 is 9.59 Å². The normalized spacial score (nSPS) is 9.39. The summed E-state index contributed by atoms with van der Waals surface area (Å²) >= 11 is 0. The maximum absolute atomic E-state index is 11.7. The van der Waals surface area contributed by atoms with Gasteiger partial charge in [0.2, 0.25) is 0 Å². The van der Waals surface area contributed by atoms with Crippen molar-refractivity contribution >= 4 is 17.5 Å². The number of nitriles is 1. The number of ketones is 1. The Labute approximate surface area is 106 Å².